The van der Waals surface area contributed by atoms with E-state index in [-0.39, 0.29) is 13.2 Å². The SMILES string of the molecule is O=C(OCCOc1cccc2ccccc12)C(F)(F)SO[O-]. The smallest absolute Gasteiger partial charge is 0.412 e. The Labute approximate surface area is 128 Å². The number of halogens is 2. The second kappa shape index (κ2) is 7.39. The fourth-order valence-electron chi connectivity index (χ4n) is 1.77. The zero-order chi connectivity index (χ0) is 16.0. The maximum absolute atomic E-state index is 12.9. The molecule has 0 aliphatic heterocycles. The van der Waals surface area contributed by atoms with Crippen LogP contribution in [0.3, 0.4) is 0 Å². The summed E-state index contributed by atoms with van der Waals surface area (Å²) in [6.45, 7) is -0.476. The minimum Gasteiger partial charge on any atom is -0.710 e. The topological polar surface area (TPSA) is 67.8 Å². The molecule has 0 spiro atoms. The maximum atomic E-state index is 12.9. The minimum atomic E-state index is -4.04. The normalized spacial score (nSPS) is 11.4. The molecule has 22 heavy (non-hydrogen) atoms. The number of benzene rings is 2. The van der Waals surface area contributed by atoms with Gasteiger partial charge in [0, 0.05) is 5.39 Å². The van der Waals surface area contributed by atoms with Gasteiger partial charge < -0.3 is 19.1 Å². The average molecular weight is 329 g/mol. The van der Waals surface area contributed by atoms with Crippen LogP contribution < -0.4 is 9.99 Å². The molecule has 0 N–H and O–H groups in total. The Bertz CT molecular complexity index is 645. The lowest BCUT2D eigenvalue weighted by Crippen LogP contribution is -2.29. The Morgan fingerprint density at radius 3 is 2.64 bits per heavy atom. The van der Waals surface area contributed by atoms with E-state index in [4.69, 9.17) is 4.74 Å². The summed E-state index contributed by atoms with van der Waals surface area (Å²) < 4.78 is 38.5. The molecule has 0 aliphatic carbocycles. The van der Waals surface area contributed by atoms with Crippen LogP contribution in [0, 0.1) is 0 Å². The molecule has 0 aliphatic rings. The van der Waals surface area contributed by atoms with Crippen LogP contribution in [0.2, 0.25) is 0 Å². The quantitative estimate of drug-likeness (QED) is 0.255. The van der Waals surface area contributed by atoms with Crippen molar-refractivity contribution >= 4 is 28.8 Å². The molecule has 5 nitrogen and oxygen atoms in total. The number of fused-ring (bicyclic) bond motifs is 1. The first kappa shape index (κ1) is 16.5. The van der Waals surface area contributed by atoms with Gasteiger partial charge in [-0.2, -0.15) is 8.78 Å². The van der Waals surface area contributed by atoms with Crippen molar-refractivity contribution in [3.8, 4) is 5.75 Å². The Morgan fingerprint density at radius 1 is 1.14 bits per heavy atom. The van der Waals surface area contributed by atoms with Crippen LogP contribution in [0.25, 0.3) is 10.8 Å². The molecule has 0 unspecified atom stereocenters. The standard InChI is InChI=1S/C14H12F2O5S/c15-14(16,22-21-18)13(17)20-9-8-19-12-7-3-5-10-4-1-2-6-11(10)12/h1-7,18H,8-9H2/p-1. The highest BCUT2D eigenvalue weighted by molar-refractivity contribution is 7.96. The van der Waals surface area contributed by atoms with Crippen molar-refractivity contribution in [2.75, 3.05) is 13.2 Å². The summed E-state index contributed by atoms with van der Waals surface area (Å²) in [5.74, 6) is -1.30. The van der Waals surface area contributed by atoms with Crippen molar-refractivity contribution < 1.29 is 32.6 Å². The highest BCUT2D eigenvalue weighted by Crippen LogP contribution is 2.29. The number of ether oxygens (including phenoxy) is 2. The molecule has 0 radical (unpaired) electrons. The molecule has 0 aromatic heterocycles. The lowest BCUT2D eigenvalue weighted by atomic mass is 10.1. The first-order chi connectivity index (χ1) is 10.5. The van der Waals surface area contributed by atoms with Gasteiger partial charge in [-0.05, 0) is 11.5 Å². The summed E-state index contributed by atoms with van der Waals surface area (Å²) >= 11 is -0.806. The van der Waals surface area contributed by atoms with E-state index in [1.54, 1.807) is 12.1 Å². The van der Waals surface area contributed by atoms with Gasteiger partial charge in [-0.15, -0.1) is 0 Å². The van der Waals surface area contributed by atoms with Gasteiger partial charge in [-0.3, -0.25) is 0 Å². The van der Waals surface area contributed by atoms with E-state index in [1.807, 2.05) is 30.3 Å². The molecule has 0 atom stereocenters. The third kappa shape index (κ3) is 4.06. The number of rotatable bonds is 7. The van der Waals surface area contributed by atoms with Crippen LogP contribution in [0.5, 0.6) is 5.75 Å². The van der Waals surface area contributed by atoms with Crippen LogP contribution in [0.4, 0.5) is 8.78 Å². The molecule has 0 fully saturated rings. The Morgan fingerprint density at radius 2 is 1.86 bits per heavy atom. The predicted molar refractivity (Wildman–Crippen MR) is 74.0 cm³/mol. The van der Waals surface area contributed by atoms with Gasteiger partial charge in [0.05, 0.1) is 12.0 Å². The van der Waals surface area contributed by atoms with Crippen LogP contribution in [0.15, 0.2) is 42.5 Å². The number of alkyl halides is 2. The van der Waals surface area contributed by atoms with Crippen molar-refractivity contribution in [2.45, 2.75) is 5.25 Å². The molecule has 0 saturated carbocycles. The van der Waals surface area contributed by atoms with Gasteiger partial charge in [0.2, 0.25) is 0 Å². The molecule has 8 heteroatoms. The maximum Gasteiger partial charge on any atom is 0.412 e. The van der Waals surface area contributed by atoms with E-state index in [0.717, 1.165) is 10.8 Å². The lowest BCUT2D eigenvalue weighted by Gasteiger charge is -2.15. The minimum absolute atomic E-state index is 0.0985. The highest BCUT2D eigenvalue weighted by atomic mass is 32.2. The van der Waals surface area contributed by atoms with Crippen molar-refractivity contribution in [1.82, 2.24) is 0 Å². The first-order valence-corrected chi connectivity index (χ1v) is 6.92. The molecule has 0 amide bonds. The van der Waals surface area contributed by atoms with Crippen LogP contribution in [-0.2, 0) is 13.9 Å². The summed E-state index contributed by atoms with van der Waals surface area (Å²) in [6.07, 6.45) is 0. The van der Waals surface area contributed by atoms with E-state index in [9.17, 15) is 18.8 Å². The van der Waals surface area contributed by atoms with E-state index in [0.29, 0.717) is 5.75 Å². The third-order valence-corrected chi connectivity index (χ3v) is 3.14. The van der Waals surface area contributed by atoms with Crippen LogP contribution >= 0.6 is 12.0 Å². The summed E-state index contributed by atoms with van der Waals surface area (Å²) in [5.41, 5.74) is 0. The number of esters is 1. The second-order valence-electron chi connectivity index (χ2n) is 4.13. The Hall–Kier alpha value is -1.90. The molecule has 0 bridgehead atoms. The van der Waals surface area contributed by atoms with Crippen LogP contribution in [-0.4, -0.2) is 24.4 Å². The van der Waals surface area contributed by atoms with Crippen molar-refractivity contribution in [2.24, 2.45) is 0 Å². The van der Waals surface area contributed by atoms with Crippen molar-refractivity contribution in [3.63, 3.8) is 0 Å². The number of carbonyl (C=O) groups is 1. The van der Waals surface area contributed by atoms with Crippen molar-refractivity contribution in [3.05, 3.63) is 42.5 Å². The Kier molecular flexibility index (Phi) is 5.53. The molecule has 0 saturated heterocycles. The van der Waals surface area contributed by atoms with Gasteiger partial charge >= 0.3 is 11.2 Å². The van der Waals surface area contributed by atoms with E-state index < -0.39 is 23.3 Å². The third-order valence-electron chi connectivity index (χ3n) is 2.70. The van der Waals surface area contributed by atoms with Gasteiger partial charge in [-0.1, -0.05) is 36.4 Å². The zero-order valence-corrected chi connectivity index (χ0v) is 12.0. The lowest BCUT2D eigenvalue weighted by molar-refractivity contribution is -0.630. The summed E-state index contributed by atoms with van der Waals surface area (Å²) in [5, 5.41) is 7.42. The number of carbonyl (C=O) groups excluding carboxylic acids is 1. The molecular formula is C14H11F2O5S-. The molecule has 2 aromatic carbocycles. The number of hydrogen-bond acceptors (Lipinski definition) is 6. The largest absolute Gasteiger partial charge is 0.710 e. The van der Waals surface area contributed by atoms with E-state index in [2.05, 4.69) is 9.07 Å². The van der Waals surface area contributed by atoms with Crippen molar-refractivity contribution in [1.29, 1.82) is 0 Å². The number of hydrogen-bond donors (Lipinski definition) is 0. The van der Waals surface area contributed by atoms with Gasteiger partial charge in [0.25, 0.3) is 0 Å². The summed E-state index contributed by atoms with van der Waals surface area (Å²) in [7, 11) is 0. The van der Waals surface area contributed by atoms with E-state index >= 15 is 0 Å². The second-order valence-corrected chi connectivity index (χ2v) is 4.95. The Balaban J connectivity index is 1.87. The zero-order valence-electron chi connectivity index (χ0n) is 11.2. The van der Waals surface area contributed by atoms with Gasteiger partial charge in [-0.25, -0.2) is 4.79 Å². The average Bonchev–Trinajstić information content (AvgIpc) is 2.51. The monoisotopic (exact) mass is 329 g/mol. The predicted octanol–water partition coefficient (Wildman–Crippen LogP) is 2.29. The summed E-state index contributed by atoms with van der Waals surface area (Å²) in [6, 6.07) is 12.9. The van der Waals surface area contributed by atoms with Gasteiger partial charge in [0.15, 0.2) is 0 Å². The molecular weight excluding hydrogens is 318 g/mol. The molecule has 0 heterocycles. The fourth-order valence-corrected chi connectivity index (χ4v) is 1.98. The molecule has 2 rings (SSSR count). The van der Waals surface area contributed by atoms with Crippen LogP contribution in [0.1, 0.15) is 0 Å². The first-order valence-electron chi connectivity index (χ1n) is 6.18. The summed E-state index contributed by atoms with van der Waals surface area (Å²) in [4.78, 5) is 11.0. The molecule has 2 aromatic rings. The highest BCUT2D eigenvalue weighted by Gasteiger charge is 2.42. The van der Waals surface area contributed by atoms with E-state index in [1.165, 1.54) is 0 Å². The fraction of sp³-hybridized carbons (Fsp3) is 0.214. The van der Waals surface area contributed by atoms with Gasteiger partial charge in [0.1, 0.15) is 19.0 Å². The molecule has 118 valence electrons.